The van der Waals surface area contributed by atoms with Crippen LogP contribution in [0.5, 0.6) is 0 Å². The van der Waals surface area contributed by atoms with E-state index in [9.17, 15) is 9.18 Å². The van der Waals surface area contributed by atoms with Gasteiger partial charge in [0.25, 0.3) is 0 Å². The molecule has 0 unspecified atom stereocenters. The van der Waals surface area contributed by atoms with E-state index in [4.69, 9.17) is 4.74 Å². The fraction of sp³-hybridized carbons (Fsp3) is 0.0500. The number of rotatable bonds is 4. The molecule has 0 aliphatic rings. The Balaban J connectivity index is 2.16. The van der Waals surface area contributed by atoms with E-state index in [0.717, 1.165) is 14.7 Å². The number of esters is 1. The second-order valence-electron chi connectivity index (χ2n) is 5.10. The van der Waals surface area contributed by atoms with Crippen molar-refractivity contribution in [1.82, 2.24) is 0 Å². The van der Waals surface area contributed by atoms with E-state index in [2.05, 4.69) is 0 Å². The highest BCUT2D eigenvalue weighted by Crippen LogP contribution is 2.32. The van der Waals surface area contributed by atoms with E-state index in [0.29, 0.717) is 0 Å². The zero-order chi connectivity index (χ0) is 16.9. The van der Waals surface area contributed by atoms with E-state index in [1.54, 1.807) is 6.07 Å². The normalized spacial score (nSPS) is 10.6. The van der Waals surface area contributed by atoms with Gasteiger partial charge in [0.2, 0.25) is 0 Å². The predicted molar refractivity (Wildman–Crippen MR) is 92.8 cm³/mol. The van der Waals surface area contributed by atoms with Crippen LogP contribution in [0.3, 0.4) is 0 Å². The highest BCUT2D eigenvalue weighted by Gasteiger charge is 2.30. The summed E-state index contributed by atoms with van der Waals surface area (Å²) in [7, 11) is 0.791. The van der Waals surface area contributed by atoms with Crippen LogP contribution in [-0.2, 0) is 15.6 Å². The molecule has 0 saturated heterocycles. The Morgan fingerprint density at radius 2 is 1.38 bits per heavy atom. The number of benzene rings is 3. The number of ether oxygens (including phenoxy) is 1. The first-order valence-corrected chi connectivity index (χ1v) is 8.65. The molecular formula is C20H16FO2S+. The summed E-state index contributed by atoms with van der Waals surface area (Å²) in [4.78, 5) is 14.7. The quantitative estimate of drug-likeness (QED) is 0.508. The van der Waals surface area contributed by atoms with Gasteiger partial charge >= 0.3 is 5.97 Å². The molecule has 4 heteroatoms. The summed E-state index contributed by atoms with van der Waals surface area (Å²) < 4.78 is 18.8. The third-order valence-electron chi connectivity index (χ3n) is 3.49. The summed E-state index contributed by atoms with van der Waals surface area (Å²) in [5.41, 5.74) is 0.219. The van der Waals surface area contributed by atoms with Crippen LogP contribution in [0.25, 0.3) is 0 Å². The molecule has 0 spiro atoms. The fourth-order valence-corrected chi connectivity index (χ4v) is 4.59. The van der Waals surface area contributed by atoms with Crippen LogP contribution in [0.1, 0.15) is 10.4 Å². The maximum atomic E-state index is 14.1. The van der Waals surface area contributed by atoms with Gasteiger partial charge in [-0.2, -0.15) is 0 Å². The zero-order valence-electron chi connectivity index (χ0n) is 13.1. The number of halogens is 1. The maximum absolute atomic E-state index is 14.1. The van der Waals surface area contributed by atoms with Crippen LogP contribution >= 0.6 is 0 Å². The van der Waals surface area contributed by atoms with Gasteiger partial charge in [0, 0.05) is 12.1 Å². The van der Waals surface area contributed by atoms with Crippen molar-refractivity contribution in [3.05, 3.63) is 90.2 Å². The number of hydrogen-bond donors (Lipinski definition) is 0. The molecule has 120 valence electrons. The van der Waals surface area contributed by atoms with E-state index < -0.39 is 22.7 Å². The lowest BCUT2D eigenvalue weighted by Gasteiger charge is -2.09. The average molecular weight is 339 g/mol. The molecule has 0 aliphatic heterocycles. The molecule has 3 aromatic carbocycles. The summed E-state index contributed by atoms with van der Waals surface area (Å²) in [5, 5.41) is 0. The van der Waals surface area contributed by atoms with Crippen molar-refractivity contribution in [2.45, 2.75) is 14.7 Å². The Kier molecular flexibility index (Phi) is 4.96. The summed E-state index contributed by atoms with van der Waals surface area (Å²) in [5.74, 6) is -0.988. The smallest absolute Gasteiger partial charge is 0.338 e. The van der Waals surface area contributed by atoms with Gasteiger partial charge in [-0.3, -0.25) is 0 Å². The largest absolute Gasteiger partial charge is 0.465 e. The SMILES string of the molecule is COC(=O)c1cc(F)cc([S+](c2ccccc2)c2ccccc2)c1. The number of carbonyl (C=O) groups is 1. The Labute approximate surface area is 143 Å². The Bertz CT molecular complexity index is 795. The molecule has 0 amide bonds. The number of carbonyl (C=O) groups excluding carboxylic acids is 1. The number of methoxy groups -OCH3 is 1. The zero-order valence-corrected chi connectivity index (χ0v) is 13.9. The van der Waals surface area contributed by atoms with Gasteiger partial charge in [0.05, 0.1) is 23.6 Å². The predicted octanol–water partition coefficient (Wildman–Crippen LogP) is 4.71. The topological polar surface area (TPSA) is 26.3 Å². The average Bonchev–Trinajstić information content (AvgIpc) is 2.62. The first-order chi connectivity index (χ1) is 11.7. The molecule has 0 atom stereocenters. The van der Waals surface area contributed by atoms with Gasteiger partial charge in [-0.05, 0) is 30.3 Å². The lowest BCUT2D eigenvalue weighted by molar-refractivity contribution is 0.0600. The van der Waals surface area contributed by atoms with Crippen molar-refractivity contribution in [2.75, 3.05) is 7.11 Å². The van der Waals surface area contributed by atoms with Crippen molar-refractivity contribution in [2.24, 2.45) is 0 Å². The molecule has 0 radical (unpaired) electrons. The van der Waals surface area contributed by atoms with E-state index in [1.165, 1.54) is 19.2 Å². The van der Waals surface area contributed by atoms with Crippen molar-refractivity contribution in [3.8, 4) is 0 Å². The molecule has 0 aromatic heterocycles. The fourth-order valence-electron chi connectivity index (χ4n) is 2.44. The summed E-state index contributed by atoms with van der Waals surface area (Å²) >= 11 is 0. The van der Waals surface area contributed by atoms with Gasteiger partial charge in [-0.15, -0.1) is 0 Å². The minimum Gasteiger partial charge on any atom is -0.465 e. The second kappa shape index (κ2) is 7.32. The second-order valence-corrected chi connectivity index (χ2v) is 7.13. The molecule has 0 saturated carbocycles. The highest BCUT2D eigenvalue weighted by molar-refractivity contribution is 7.97. The molecule has 0 N–H and O–H groups in total. The van der Waals surface area contributed by atoms with Gasteiger partial charge in [-0.1, -0.05) is 36.4 Å². The van der Waals surface area contributed by atoms with Gasteiger partial charge in [0.15, 0.2) is 14.7 Å². The van der Waals surface area contributed by atoms with E-state index in [1.807, 2.05) is 60.7 Å². The molecule has 3 aromatic rings. The van der Waals surface area contributed by atoms with Crippen molar-refractivity contribution < 1.29 is 13.9 Å². The Morgan fingerprint density at radius 1 is 0.833 bits per heavy atom. The third-order valence-corrected chi connectivity index (χ3v) is 5.68. The van der Waals surface area contributed by atoms with Crippen LogP contribution < -0.4 is 0 Å². The molecule has 2 nitrogen and oxygen atoms in total. The molecule has 0 fully saturated rings. The van der Waals surface area contributed by atoms with Crippen LogP contribution in [0, 0.1) is 5.82 Å². The molecule has 0 bridgehead atoms. The minimum absolute atomic E-state index is 0.219. The van der Waals surface area contributed by atoms with E-state index >= 15 is 0 Å². The highest BCUT2D eigenvalue weighted by atomic mass is 32.2. The molecule has 3 rings (SSSR count). The molecular weight excluding hydrogens is 323 g/mol. The summed E-state index contributed by atoms with van der Waals surface area (Å²) in [6.45, 7) is 0. The lowest BCUT2D eigenvalue weighted by atomic mass is 10.2. The minimum atomic E-state index is -0.541. The summed E-state index contributed by atoms with van der Waals surface area (Å²) in [6, 6.07) is 24.2. The summed E-state index contributed by atoms with van der Waals surface area (Å²) in [6.07, 6.45) is 0. The van der Waals surface area contributed by atoms with Gasteiger partial charge in [-0.25, -0.2) is 9.18 Å². The van der Waals surface area contributed by atoms with Gasteiger partial charge in [0.1, 0.15) is 5.82 Å². The Morgan fingerprint density at radius 3 is 1.88 bits per heavy atom. The monoisotopic (exact) mass is 339 g/mol. The molecule has 24 heavy (non-hydrogen) atoms. The molecule has 0 aliphatic carbocycles. The van der Waals surface area contributed by atoms with Crippen molar-refractivity contribution in [1.29, 1.82) is 0 Å². The number of hydrogen-bond acceptors (Lipinski definition) is 2. The first kappa shape index (κ1) is 16.3. The lowest BCUT2D eigenvalue weighted by Crippen LogP contribution is -2.08. The van der Waals surface area contributed by atoms with E-state index in [-0.39, 0.29) is 5.56 Å². The van der Waals surface area contributed by atoms with Crippen molar-refractivity contribution in [3.63, 3.8) is 0 Å². The van der Waals surface area contributed by atoms with Crippen molar-refractivity contribution >= 4 is 16.9 Å². The van der Waals surface area contributed by atoms with Crippen LogP contribution in [0.4, 0.5) is 4.39 Å². The third kappa shape index (κ3) is 3.49. The van der Waals surface area contributed by atoms with Crippen LogP contribution in [0.2, 0.25) is 0 Å². The standard InChI is InChI=1S/C20H16FO2S/c1-23-20(22)15-12-16(21)14-19(13-15)24(17-8-4-2-5-9-17)18-10-6-3-7-11-18/h2-14H,1H3/q+1. The van der Waals surface area contributed by atoms with Crippen LogP contribution in [0.15, 0.2) is 93.5 Å². The first-order valence-electron chi connectivity index (χ1n) is 7.42. The maximum Gasteiger partial charge on any atom is 0.338 e. The van der Waals surface area contributed by atoms with Crippen LogP contribution in [-0.4, -0.2) is 13.1 Å². The molecule has 0 heterocycles. The Hall–Kier alpha value is -2.59. The van der Waals surface area contributed by atoms with Gasteiger partial charge < -0.3 is 4.74 Å².